The Morgan fingerprint density at radius 1 is 1.00 bits per heavy atom. The SMILES string of the molecule is CCCNCc1ccc(Oc2ccc(CC)cc2)nc1. The van der Waals surface area contributed by atoms with Gasteiger partial charge in [0.15, 0.2) is 0 Å². The van der Waals surface area contributed by atoms with Crippen LogP contribution < -0.4 is 10.1 Å². The number of benzene rings is 1. The van der Waals surface area contributed by atoms with Gasteiger partial charge in [-0.15, -0.1) is 0 Å². The van der Waals surface area contributed by atoms with Gasteiger partial charge in [0.2, 0.25) is 5.88 Å². The molecule has 106 valence electrons. The van der Waals surface area contributed by atoms with Crippen LogP contribution in [0.5, 0.6) is 11.6 Å². The van der Waals surface area contributed by atoms with E-state index in [0.717, 1.165) is 31.7 Å². The molecule has 0 amide bonds. The van der Waals surface area contributed by atoms with Crippen LogP contribution >= 0.6 is 0 Å². The lowest BCUT2D eigenvalue weighted by Gasteiger charge is -2.07. The van der Waals surface area contributed by atoms with Crippen molar-refractivity contribution in [3.05, 3.63) is 53.7 Å². The molecule has 2 rings (SSSR count). The Morgan fingerprint density at radius 3 is 2.35 bits per heavy atom. The van der Waals surface area contributed by atoms with Crippen molar-refractivity contribution in [2.75, 3.05) is 6.54 Å². The zero-order valence-corrected chi connectivity index (χ0v) is 12.2. The van der Waals surface area contributed by atoms with Crippen LogP contribution in [0, 0.1) is 0 Å². The van der Waals surface area contributed by atoms with Crippen molar-refractivity contribution in [2.45, 2.75) is 33.2 Å². The molecular weight excluding hydrogens is 248 g/mol. The maximum absolute atomic E-state index is 5.73. The minimum absolute atomic E-state index is 0.633. The van der Waals surface area contributed by atoms with Crippen LogP contribution in [0.15, 0.2) is 42.6 Å². The smallest absolute Gasteiger partial charge is 0.219 e. The van der Waals surface area contributed by atoms with Gasteiger partial charge in [0, 0.05) is 18.8 Å². The summed E-state index contributed by atoms with van der Waals surface area (Å²) < 4.78 is 5.73. The summed E-state index contributed by atoms with van der Waals surface area (Å²) in [6.07, 6.45) is 4.04. The molecule has 1 N–H and O–H groups in total. The van der Waals surface area contributed by atoms with E-state index in [1.807, 2.05) is 30.5 Å². The Bertz CT molecular complexity index is 506. The van der Waals surface area contributed by atoms with Gasteiger partial charge in [0.25, 0.3) is 0 Å². The lowest BCUT2D eigenvalue weighted by molar-refractivity contribution is 0.462. The van der Waals surface area contributed by atoms with E-state index in [4.69, 9.17) is 4.74 Å². The van der Waals surface area contributed by atoms with Crippen molar-refractivity contribution < 1.29 is 4.74 Å². The molecule has 0 bridgehead atoms. The molecule has 0 atom stereocenters. The summed E-state index contributed by atoms with van der Waals surface area (Å²) in [5, 5.41) is 3.35. The van der Waals surface area contributed by atoms with E-state index in [0.29, 0.717) is 5.88 Å². The average molecular weight is 270 g/mol. The third-order valence-corrected chi connectivity index (χ3v) is 3.11. The van der Waals surface area contributed by atoms with Gasteiger partial charge < -0.3 is 10.1 Å². The van der Waals surface area contributed by atoms with Crippen molar-refractivity contribution in [1.82, 2.24) is 10.3 Å². The van der Waals surface area contributed by atoms with Crippen LogP contribution in [0.25, 0.3) is 0 Å². The summed E-state index contributed by atoms with van der Waals surface area (Å²) in [6, 6.07) is 12.1. The van der Waals surface area contributed by atoms with Crippen LogP contribution in [0.4, 0.5) is 0 Å². The lowest BCUT2D eigenvalue weighted by Crippen LogP contribution is -2.13. The highest BCUT2D eigenvalue weighted by Gasteiger charge is 1.99. The van der Waals surface area contributed by atoms with Gasteiger partial charge in [0.1, 0.15) is 5.75 Å². The quantitative estimate of drug-likeness (QED) is 0.774. The second-order valence-electron chi connectivity index (χ2n) is 4.78. The monoisotopic (exact) mass is 270 g/mol. The molecule has 0 aliphatic carbocycles. The maximum Gasteiger partial charge on any atom is 0.219 e. The summed E-state index contributed by atoms with van der Waals surface area (Å²) >= 11 is 0. The van der Waals surface area contributed by atoms with E-state index in [2.05, 4.69) is 36.3 Å². The first-order valence-electron chi connectivity index (χ1n) is 7.24. The Hall–Kier alpha value is -1.87. The predicted octanol–water partition coefficient (Wildman–Crippen LogP) is 3.94. The third kappa shape index (κ3) is 4.35. The molecule has 1 aromatic heterocycles. The third-order valence-electron chi connectivity index (χ3n) is 3.11. The van der Waals surface area contributed by atoms with E-state index in [-0.39, 0.29) is 0 Å². The van der Waals surface area contributed by atoms with E-state index < -0.39 is 0 Å². The normalized spacial score (nSPS) is 10.5. The molecule has 20 heavy (non-hydrogen) atoms. The van der Waals surface area contributed by atoms with E-state index in [1.54, 1.807) is 0 Å². The highest BCUT2D eigenvalue weighted by Crippen LogP contribution is 2.20. The van der Waals surface area contributed by atoms with Crippen LogP contribution in [-0.4, -0.2) is 11.5 Å². The summed E-state index contributed by atoms with van der Waals surface area (Å²) in [7, 11) is 0. The lowest BCUT2D eigenvalue weighted by atomic mass is 10.2. The molecule has 0 aliphatic heterocycles. The van der Waals surface area contributed by atoms with Crippen LogP contribution in [-0.2, 0) is 13.0 Å². The second-order valence-corrected chi connectivity index (χ2v) is 4.78. The van der Waals surface area contributed by atoms with Gasteiger partial charge >= 0.3 is 0 Å². The number of ether oxygens (including phenoxy) is 1. The molecule has 0 unspecified atom stereocenters. The summed E-state index contributed by atoms with van der Waals surface area (Å²) in [6.45, 7) is 6.18. The van der Waals surface area contributed by atoms with Gasteiger partial charge in [-0.1, -0.05) is 32.0 Å². The number of hydrogen-bond acceptors (Lipinski definition) is 3. The number of rotatable bonds is 7. The zero-order valence-electron chi connectivity index (χ0n) is 12.2. The van der Waals surface area contributed by atoms with Crippen molar-refractivity contribution in [3.63, 3.8) is 0 Å². The fraction of sp³-hybridized carbons (Fsp3) is 0.353. The fourth-order valence-electron chi connectivity index (χ4n) is 1.90. The topological polar surface area (TPSA) is 34.1 Å². The van der Waals surface area contributed by atoms with Crippen LogP contribution in [0.2, 0.25) is 0 Å². The minimum Gasteiger partial charge on any atom is -0.439 e. The molecule has 0 aliphatic rings. The standard InChI is InChI=1S/C17H22N2O/c1-3-11-18-12-15-7-10-17(19-13-15)20-16-8-5-14(4-2)6-9-16/h5-10,13,18H,3-4,11-12H2,1-2H3. The first-order chi connectivity index (χ1) is 9.81. The predicted molar refractivity (Wildman–Crippen MR) is 82.1 cm³/mol. The number of hydrogen-bond donors (Lipinski definition) is 1. The van der Waals surface area contributed by atoms with Crippen LogP contribution in [0.3, 0.4) is 0 Å². The van der Waals surface area contributed by atoms with Gasteiger partial charge in [0.05, 0.1) is 0 Å². The first-order valence-corrected chi connectivity index (χ1v) is 7.24. The van der Waals surface area contributed by atoms with Gasteiger partial charge in [-0.25, -0.2) is 4.98 Å². The molecule has 0 saturated carbocycles. The highest BCUT2D eigenvalue weighted by atomic mass is 16.5. The number of nitrogens with one attached hydrogen (secondary N) is 1. The van der Waals surface area contributed by atoms with Crippen molar-refractivity contribution >= 4 is 0 Å². The molecular formula is C17H22N2O. The Labute approximate surface area is 121 Å². The molecule has 3 heteroatoms. The molecule has 0 radical (unpaired) electrons. The molecule has 3 nitrogen and oxygen atoms in total. The van der Waals surface area contributed by atoms with E-state index in [9.17, 15) is 0 Å². The first kappa shape index (κ1) is 14.5. The minimum atomic E-state index is 0.633. The zero-order chi connectivity index (χ0) is 14.2. The van der Waals surface area contributed by atoms with E-state index in [1.165, 1.54) is 11.1 Å². The molecule has 0 saturated heterocycles. The molecule has 1 heterocycles. The average Bonchev–Trinajstić information content (AvgIpc) is 2.50. The van der Waals surface area contributed by atoms with E-state index >= 15 is 0 Å². The summed E-state index contributed by atoms with van der Waals surface area (Å²) in [5.41, 5.74) is 2.48. The van der Waals surface area contributed by atoms with Crippen LogP contribution in [0.1, 0.15) is 31.4 Å². The highest BCUT2D eigenvalue weighted by molar-refractivity contribution is 5.31. The summed E-state index contributed by atoms with van der Waals surface area (Å²) in [5.74, 6) is 1.46. The fourth-order valence-corrected chi connectivity index (χ4v) is 1.90. The van der Waals surface area contributed by atoms with Gasteiger partial charge in [-0.3, -0.25) is 0 Å². The molecule has 2 aromatic rings. The Kier molecular flexibility index (Phi) is 5.56. The molecule has 1 aromatic carbocycles. The van der Waals surface area contributed by atoms with Crippen molar-refractivity contribution in [3.8, 4) is 11.6 Å². The number of aromatic nitrogens is 1. The number of pyridine rings is 1. The van der Waals surface area contributed by atoms with Gasteiger partial charge in [-0.05, 0) is 42.6 Å². The largest absolute Gasteiger partial charge is 0.439 e. The Balaban J connectivity index is 1.92. The molecule has 0 spiro atoms. The van der Waals surface area contributed by atoms with Gasteiger partial charge in [-0.2, -0.15) is 0 Å². The van der Waals surface area contributed by atoms with Crippen molar-refractivity contribution in [2.24, 2.45) is 0 Å². The number of nitrogens with zero attached hydrogens (tertiary/aromatic N) is 1. The number of aryl methyl sites for hydroxylation is 1. The van der Waals surface area contributed by atoms with Crippen molar-refractivity contribution in [1.29, 1.82) is 0 Å². The second kappa shape index (κ2) is 7.65. The Morgan fingerprint density at radius 2 is 1.75 bits per heavy atom. The summed E-state index contributed by atoms with van der Waals surface area (Å²) in [4.78, 5) is 4.33. The molecule has 0 fully saturated rings. The maximum atomic E-state index is 5.73.